The zero-order chi connectivity index (χ0) is 19.9. The Morgan fingerprint density at radius 3 is 2.57 bits per heavy atom. The van der Waals surface area contributed by atoms with E-state index < -0.39 is 0 Å². The van der Waals surface area contributed by atoms with E-state index in [9.17, 15) is 0 Å². The summed E-state index contributed by atoms with van der Waals surface area (Å²) in [5.74, 6) is 1.64. The lowest BCUT2D eigenvalue weighted by molar-refractivity contribution is 0.431. The normalized spacial score (nSPS) is 15.4. The molecule has 7 heteroatoms. The van der Waals surface area contributed by atoms with E-state index in [0.29, 0.717) is 6.54 Å². The molecule has 4 rings (SSSR count). The highest BCUT2D eigenvalue weighted by atomic mass is 127. The summed E-state index contributed by atoms with van der Waals surface area (Å²) < 4.78 is 1.76. The lowest BCUT2D eigenvalue weighted by Crippen LogP contribution is -2.44. The summed E-state index contributed by atoms with van der Waals surface area (Å²) in [6.45, 7) is 1.57. The number of nitrogens with zero attached hydrogens (tertiary/aromatic N) is 4. The fourth-order valence-corrected chi connectivity index (χ4v) is 4.17. The molecule has 0 spiro atoms. The lowest BCUT2D eigenvalue weighted by Gasteiger charge is -2.30. The van der Waals surface area contributed by atoms with E-state index in [1.165, 1.54) is 31.2 Å². The van der Waals surface area contributed by atoms with Crippen molar-refractivity contribution in [1.82, 2.24) is 25.4 Å². The quantitative estimate of drug-likeness (QED) is 0.295. The molecule has 1 aliphatic carbocycles. The second-order valence-electron chi connectivity index (χ2n) is 7.61. The molecule has 6 nitrogen and oxygen atoms in total. The molecule has 30 heavy (non-hydrogen) atoms. The van der Waals surface area contributed by atoms with Crippen LogP contribution in [-0.4, -0.2) is 34.3 Å². The fourth-order valence-electron chi connectivity index (χ4n) is 4.17. The van der Waals surface area contributed by atoms with E-state index in [2.05, 4.69) is 56.0 Å². The molecule has 0 atom stereocenters. The van der Waals surface area contributed by atoms with Crippen molar-refractivity contribution in [2.75, 3.05) is 13.6 Å². The molecule has 3 aromatic rings. The molecule has 1 fully saturated rings. The molecular weight excluding hydrogens is 487 g/mol. The minimum Gasteiger partial charge on any atom is -0.356 e. The summed E-state index contributed by atoms with van der Waals surface area (Å²) in [4.78, 5) is 8.81. The van der Waals surface area contributed by atoms with Crippen molar-refractivity contribution in [2.24, 2.45) is 4.99 Å². The first kappa shape index (κ1) is 22.3. The molecule has 2 N–H and O–H groups in total. The highest BCUT2D eigenvalue weighted by Gasteiger charge is 2.35. The van der Waals surface area contributed by atoms with Crippen molar-refractivity contribution in [2.45, 2.75) is 37.6 Å². The number of aromatic nitrogens is 3. The second kappa shape index (κ2) is 10.6. The molecule has 2 heterocycles. The number of hydrogen-bond donors (Lipinski definition) is 2. The van der Waals surface area contributed by atoms with Crippen molar-refractivity contribution in [1.29, 1.82) is 0 Å². The van der Waals surface area contributed by atoms with E-state index in [4.69, 9.17) is 0 Å². The van der Waals surface area contributed by atoms with Crippen LogP contribution in [0.1, 0.15) is 36.8 Å². The average molecular weight is 516 g/mol. The molecule has 0 saturated heterocycles. The Morgan fingerprint density at radius 2 is 1.87 bits per heavy atom. The van der Waals surface area contributed by atoms with Gasteiger partial charge in [-0.3, -0.25) is 4.99 Å². The third-order valence-electron chi connectivity index (χ3n) is 5.77. The summed E-state index contributed by atoms with van der Waals surface area (Å²) >= 11 is 0. The zero-order valence-electron chi connectivity index (χ0n) is 17.3. The Morgan fingerprint density at radius 1 is 1.07 bits per heavy atom. The molecule has 0 amide bonds. The van der Waals surface area contributed by atoms with Crippen molar-refractivity contribution in [3.05, 3.63) is 78.2 Å². The van der Waals surface area contributed by atoms with Gasteiger partial charge in [0.25, 0.3) is 0 Å². The van der Waals surface area contributed by atoms with Crippen molar-refractivity contribution < 1.29 is 0 Å². The van der Waals surface area contributed by atoms with Gasteiger partial charge in [0, 0.05) is 44.1 Å². The van der Waals surface area contributed by atoms with Gasteiger partial charge in [0.1, 0.15) is 0 Å². The molecule has 1 aromatic carbocycles. The maximum Gasteiger partial charge on any atom is 0.191 e. The summed E-state index contributed by atoms with van der Waals surface area (Å²) in [7, 11) is 1.82. The van der Waals surface area contributed by atoms with Crippen LogP contribution in [0.3, 0.4) is 0 Å². The van der Waals surface area contributed by atoms with Crippen LogP contribution < -0.4 is 10.6 Å². The Kier molecular flexibility index (Phi) is 7.84. The third kappa shape index (κ3) is 5.19. The van der Waals surface area contributed by atoms with E-state index >= 15 is 0 Å². The van der Waals surface area contributed by atoms with Crippen LogP contribution in [0.15, 0.2) is 72.1 Å². The zero-order valence-corrected chi connectivity index (χ0v) is 19.6. The first-order chi connectivity index (χ1) is 14.3. The SMILES string of the molecule is CN=C(NCc1ccnc(-n2cccn2)c1)NCC1(c2ccccc2)CCCC1.I. The van der Waals surface area contributed by atoms with E-state index in [0.717, 1.165) is 23.9 Å². The standard InChI is InChI=1S/C23H28N6.HI/c1-24-22(26-17-19-10-14-25-21(16-19)29-15-7-13-28-29)27-18-23(11-5-6-12-23)20-8-3-2-4-9-20;/h2-4,7-10,13-16H,5-6,11-12,17-18H2,1H3,(H2,24,26,27);1H. The van der Waals surface area contributed by atoms with Crippen LogP contribution in [0.25, 0.3) is 5.82 Å². The summed E-state index contributed by atoms with van der Waals surface area (Å²) in [5.41, 5.74) is 2.76. The predicted molar refractivity (Wildman–Crippen MR) is 132 cm³/mol. The number of guanidine groups is 1. The van der Waals surface area contributed by atoms with Gasteiger partial charge in [-0.15, -0.1) is 24.0 Å². The Labute approximate surface area is 195 Å². The monoisotopic (exact) mass is 516 g/mol. The van der Waals surface area contributed by atoms with Gasteiger partial charge in [-0.1, -0.05) is 43.2 Å². The second-order valence-corrected chi connectivity index (χ2v) is 7.61. The van der Waals surface area contributed by atoms with E-state index in [-0.39, 0.29) is 29.4 Å². The van der Waals surface area contributed by atoms with Crippen LogP contribution in [0.4, 0.5) is 0 Å². The first-order valence-electron chi connectivity index (χ1n) is 10.2. The summed E-state index contributed by atoms with van der Waals surface area (Å²) in [6.07, 6.45) is 10.5. The van der Waals surface area contributed by atoms with Gasteiger partial charge in [0.2, 0.25) is 0 Å². The van der Waals surface area contributed by atoms with Crippen LogP contribution in [0.2, 0.25) is 0 Å². The molecule has 0 unspecified atom stereocenters. The molecule has 0 radical (unpaired) electrons. The smallest absolute Gasteiger partial charge is 0.191 e. The van der Waals surface area contributed by atoms with Gasteiger partial charge < -0.3 is 10.6 Å². The van der Waals surface area contributed by atoms with Crippen molar-refractivity contribution in [3.8, 4) is 5.82 Å². The maximum absolute atomic E-state index is 4.42. The minimum atomic E-state index is 0. The predicted octanol–water partition coefficient (Wildman–Crippen LogP) is 4.06. The topological polar surface area (TPSA) is 67.1 Å². The minimum absolute atomic E-state index is 0. The number of aliphatic imine (C=N–C) groups is 1. The largest absolute Gasteiger partial charge is 0.356 e. The summed E-state index contributed by atoms with van der Waals surface area (Å²) in [6, 6.07) is 16.8. The number of hydrogen-bond acceptors (Lipinski definition) is 3. The molecule has 0 aliphatic heterocycles. The van der Waals surface area contributed by atoms with Crippen molar-refractivity contribution >= 4 is 29.9 Å². The van der Waals surface area contributed by atoms with Gasteiger partial charge in [0.05, 0.1) is 0 Å². The molecule has 1 aliphatic rings. The maximum atomic E-state index is 4.42. The van der Waals surface area contributed by atoms with Gasteiger partial charge in [-0.05, 0) is 42.2 Å². The van der Waals surface area contributed by atoms with Crippen molar-refractivity contribution in [3.63, 3.8) is 0 Å². The lowest BCUT2D eigenvalue weighted by atomic mass is 9.79. The van der Waals surface area contributed by atoms with Gasteiger partial charge in [-0.2, -0.15) is 5.10 Å². The number of benzene rings is 1. The molecule has 0 bridgehead atoms. The number of halogens is 1. The van der Waals surface area contributed by atoms with Crippen LogP contribution in [0.5, 0.6) is 0 Å². The number of pyridine rings is 1. The average Bonchev–Trinajstić information content (AvgIpc) is 3.48. The highest BCUT2D eigenvalue weighted by molar-refractivity contribution is 14.0. The third-order valence-corrected chi connectivity index (χ3v) is 5.77. The Hall–Kier alpha value is -2.42. The Balaban J connectivity index is 0.00000256. The molecule has 158 valence electrons. The summed E-state index contributed by atoms with van der Waals surface area (Å²) in [5, 5.41) is 11.2. The van der Waals surface area contributed by atoms with Gasteiger partial charge in [0.15, 0.2) is 11.8 Å². The first-order valence-corrected chi connectivity index (χ1v) is 10.2. The fraction of sp³-hybridized carbons (Fsp3) is 0.348. The van der Waals surface area contributed by atoms with Crippen LogP contribution in [0, 0.1) is 0 Å². The molecular formula is C23H29IN6. The molecule has 2 aromatic heterocycles. The van der Waals surface area contributed by atoms with Crippen LogP contribution >= 0.6 is 24.0 Å². The Bertz CT molecular complexity index is 933. The van der Waals surface area contributed by atoms with E-state index in [1.54, 1.807) is 10.9 Å². The number of nitrogens with one attached hydrogen (secondary N) is 2. The number of rotatable bonds is 6. The van der Waals surface area contributed by atoms with Gasteiger partial charge >= 0.3 is 0 Å². The van der Waals surface area contributed by atoms with Crippen LogP contribution in [-0.2, 0) is 12.0 Å². The van der Waals surface area contributed by atoms with Gasteiger partial charge in [-0.25, -0.2) is 9.67 Å². The highest BCUT2D eigenvalue weighted by Crippen LogP contribution is 2.40. The van der Waals surface area contributed by atoms with E-state index in [1.807, 2.05) is 37.6 Å². The molecule has 1 saturated carbocycles.